The van der Waals surface area contributed by atoms with Gasteiger partial charge < -0.3 is 15.4 Å². The van der Waals surface area contributed by atoms with Crippen molar-refractivity contribution in [3.05, 3.63) is 53.0 Å². The van der Waals surface area contributed by atoms with Gasteiger partial charge in [0.25, 0.3) is 0 Å². The van der Waals surface area contributed by atoms with Gasteiger partial charge >= 0.3 is 0 Å². The lowest BCUT2D eigenvalue weighted by molar-refractivity contribution is -0.121. The fraction of sp³-hybridized carbons (Fsp3) is 0.278. The fourth-order valence-electron chi connectivity index (χ4n) is 3.37. The van der Waals surface area contributed by atoms with Gasteiger partial charge in [0.1, 0.15) is 18.1 Å². The van der Waals surface area contributed by atoms with E-state index in [9.17, 15) is 4.79 Å². The summed E-state index contributed by atoms with van der Waals surface area (Å²) in [5.74, 6) is 0.866. The first-order valence-corrected chi connectivity index (χ1v) is 9.20. The lowest BCUT2D eigenvalue weighted by Crippen LogP contribution is -2.46. The third-order valence-corrected chi connectivity index (χ3v) is 5.52. The smallest absolute Gasteiger partial charge is 0.232 e. The molecule has 0 aliphatic carbocycles. The molecule has 1 aliphatic heterocycles. The van der Waals surface area contributed by atoms with Crippen molar-refractivity contribution in [2.75, 3.05) is 17.7 Å². The van der Waals surface area contributed by atoms with Crippen LogP contribution in [0.25, 0.3) is 0 Å². The van der Waals surface area contributed by atoms with Gasteiger partial charge in [0.05, 0.1) is 18.7 Å². The molecule has 0 saturated carbocycles. The van der Waals surface area contributed by atoms with E-state index in [1.165, 1.54) is 6.33 Å². The molecule has 0 unspecified atom stereocenters. The number of amides is 1. The predicted octanol–water partition coefficient (Wildman–Crippen LogP) is 3.01. The monoisotopic (exact) mass is 369 g/mol. The summed E-state index contributed by atoms with van der Waals surface area (Å²) in [6.45, 7) is 1.99. The first kappa shape index (κ1) is 16.6. The number of carbonyl (C=O) groups excluding carboxylic acids is 1. The molecular weight excluding hydrogens is 350 g/mol. The van der Waals surface area contributed by atoms with E-state index < -0.39 is 0 Å². The van der Waals surface area contributed by atoms with Crippen molar-refractivity contribution < 1.29 is 9.53 Å². The van der Waals surface area contributed by atoms with E-state index in [-0.39, 0.29) is 23.9 Å². The van der Waals surface area contributed by atoms with E-state index in [0.29, 0.717) is 17.4 Å². The SMILES string of the molecule is COc1ccccc1NC(=O)[C@H]1[C@@H](C)Nc2ncnn2[C@H]1c1cccs1. The van der Waals surface area contributed by atoms with Crippen LogP contribution in [0.3, 0.4) is 0 Å². The summed E-state index contributed by atoms with van der Waals surface area (Å²) in [5.41, 5.74) is 0.654. The Morgan fingerprint density at radius 1 is 1.31 bits per heavy atom. The minimum absolute atomic E-state index is 0.0888. The van der Waals surface area contributed by atoms with Crippen molar-refractivity contribution in [2.45, 2.75) is 19.0 Å². The van der Waals surface area contributed by atoms with Crippen LogP contribution in [0.15, 0.2) is 48.1 Å². The Morgan fingerprint density at radius 3 is 2.92 bits per heavy atom. The Balaban J connectivity index is 1.70. The number of thiophene rings is 1. The molecular formula is C18H19N5O2S. The molecule has 1 amide bonds. The fourth-order valence-corrected chi connectivity index (χ4v) is 4.22. The number of fused-ring (bicyclic) bond motifs is 1. The van der Waals surface area contributed by atoms with E-state index in [4.69, 9.17) is 4.74 Å². The molecule has 2 N–H and O–H groups in total. The van der Waals surface area contributed by atoms with Crippen LogP contribution >= 0.6 is 11.3 Å². The number of hydrogen-bond acceptors (Lipinski definition) is 6. The molecule has 2 aromatic heterocycles. The molecule has 134 valence electrons. The highest BCUT2D eigenvalue weighted by Gasteiger charge is 2.42. The average Bonchev–Trinajstić information content (AvgIpc) is 3.32. The van der Waals surface area contributed by atoms with Crippen molar-refractivity contribution in [3.63, 3.8) is 0 Å². The quantitative estimate of drug-likeness (QED) is 0.739. The lowest BCUT2D eigenvalue weighted by Gasteiger charge is -2.36. The van der Waals surface area contributed by atoms with Crippen LogP contribution in [0, 0.1) is 5.92 Å². The molecule has 0 spiro atoms. The Labute approximate surface area is 155 Å². The van der Waals surface area contributed by atoms with Gasteiger partial charge in [-0.3, -0.25) is 4.79 Å². The summed E-state index contributed by atoms with van der Waals surface area (Å²) in [7, 11) is 1.59. The normalized spacial score (nSPS) is 21.5. The van der Waals surface area contributed by atoms with Crippen LogP contribution in [0.2, 0.25) is 0 Å². The lowest BCUT2D eigenvalue weighted by atomic mass is 9.89. The molecule has 1 aromatic carbocycles. The average molecular weight is 369 g/mol. The number of aromatic nitrogens is 3. The van der Waals surface area contributed by atoms with Gasteiger partial charge in [0.2, 0.25) is 11.9 Å². The van der Waals surface area contributed by atoms with Crippen molar-refractivity contribution in [1.82, 2.24) is 14.8 Å². The summed E-state index contributed by atoms with van der Waals surface area (Å²) in [4.78, 5) is 18.6. The number of hydrogen-bond donors (Lipinski definition) is 2. The second-order valence-electron chi connectivity index (χ2n) is 6.14. The van der Waals surface area contributed by atoms with E-state index in [2.05, 4.69) is 20.7 Å². The molecule has 1 aliphatic rings. The number of anilines is 2. The third kappa shape index (κ3) is 2.82. The van der Waals surface area contributed by atoms with E-state index in [0.717, 1.165) is 4.88 Å². The minimum Gasteiger partial charge on any atom is -0.495 e. The molecule has 0 radical (unpaired) electrons. The summed E-state index contributed by atoms with van der Waals surface area (Å²) in [6, 6.07) is 11.1. The first-order valence-electron chi connectivity index (χ1n) is 8.32. The maximum absolute atomic E-state index is 13.2. The zero-order valence-corrected chi connectivity index (χ0v) is 15.2. The summed E-state index contributed by atoms with van der Waals surface area (Å²) in [5, 5.41) is 12.6. The molecule has 26 heavy (non-hydrogen) atoms. The number of carbonyl (C=O) groups is 1. The van der Waals surface area contributed by atoms with Crippen LogP contribution in [-0.2, 0) is 4.79 Å². The molecule has 3 heterocycles. The first-order chi connectivity index (χ1) is 12.7. The molecule has 8 heteroatoms. The highest BCUT2D eigenvalue weighted by atomic mass is 32.1. The third-order valence-electron chi connectivity index (χ3n) is 4.57. The van der Waals surface area contributed by atoms with Crippen LogP contribution in [0.4, 0.5) is 11.6 Å². The minimum atomic E-state index is -0.354. The van der Waals surface area contributed by atoms with Crippen LogP contribution in [-0.4, -0.2) is 33.8 Å². The topological polar surface area (TPSA) is 81.1 Å². The van der Waals surface area contributed by atoms with Gasteiger partial charge in [0, 0.05) is 10.9 Å². The standard InChI is InChI=1S/C18H19N5O2S/c1-11-15(17(24)22-12-6-3-4-7-13(12)25-2)16(14-8-5-9-26-14)23-18(21-11)19-10-20-23/h3-11,15-16H,1-2H3,(H,22,24)(H,19,20,21)/t11-,15+,16+/m1/s1. The Kier molecular flexibility index (Phi) is 4.34. The van der Waals surface area contributed by atoms with Gasteiger partial charge in [0.15, 0.2) is 0 Å². The number of para-hydroxylation sites is 2. The zero-order chi connectivity index (χ0) is 18.1. The van der Waals surface area contributed by atoms with Gasteiger partial charge in [-0.2, -0.15) is 10.1 Å². The molecule has 7 nitrogen and oxygen atoms in total. The molecule has 0 bridgehead atoms. The molecule has 0 fully saturated rings. The number of methoxy groups -OCH3 is 1. The highest BCUT2D eigenvalue weighted by molar-refractivity contribution is 7.10. The van der Waals surface area contributed by atoms with Crippen LogP contribution < -0.4 is 15.4 Å². The zero-order valence-electron chi connectivity index (χ0n) is 14.4. The largest absolute Gasteiger partial charge is 0.495 e. The maximum atomic E-state index is 13.2. The number of ether oxygens (including phenoxy) is 1. The van der Waals surface area contributed by atoms with Gasteiger partial charge in [-0.15, -0.1) is 11.3 Å². The molecule has 3 aromatic rings. The number of rotatable bonds is 4. The Morgan fingerprint density at radius 2 is 2.15 bits per heavy atom. The maximum Gasteiger partial charge on any atom is 0.232 e. The second-order valence-corrected chi connectivity index (χ2v) is 7.12. The van der Waals surface area contributed by atoms with Crippen molar-refractivity contribution >= 4 is 28.9 Å². The Bertz CT molecular complexity index is 908. The van der Waals surface area contributed by atoms with Crippen molar-refractivity contribution in [3.8, 4) is 5.75 Å². The number of nitrogens with one attached hydrogen (secondary N) is 2. The van der Waals surface area contributed by atoms with E-state index in [1.807, 2.05) is 48.7 Å². The van der Waals surface area contributed by atoms with Gasteiger partial charge in [-0.25, -0.2) is 4.68 Å². The predicted molar refractivity (Wildman–Crippen MR) is 101 cm³/mol. The molecule has 3 atom stereocenters. The Hall–Kier alpha value is -2.87. The van der Waals surface area contributed by atoms with Gasteiger partial charge in [-0.1, -0.05) is 18.2 Å². The number of nitrogens with zero attached hydrogens (tertiary/aromatic N) is 3. The van der Waals surface area contributed by atoms with Crippen LogP contribution in [0.1, 0.15) is 17.8 Å². The number of benzene rings is 1. The van der Waals surface area contributed by atoms with Gasteiger partial charge in [-0.05, 0) is 30.5 Å². The van der Waals surface area contributed by atoms with Crippen molar-refractivity contribution in [2.24, 2.45) is 5.92 Å². The molecule has 0 saturated heterocycles. The summed E-state index contributed by atoms with van der Waals surface area (Å²) >= 11 is 1.61. The van der Waals surface area contributed by atoms with Crippen LogP contribution in [0.5, 0.6) is 5.75 Å². The van der Waals surface area contributed by atoms with E-state index in [1.54, 1.807) is 23.1 Å². The summed E-state index contributed by atoms with van der Waals surface area (Å²) < 4.78 is 7.14. The molecule has 4 rings (SSSR count). The van der Waals surface area contributed by atoms with Crippen molar-refractivity contribution in [1.29, 1.82) is 0 Å². The summed E-state index contributed by atoms with van der Waals surface area (Å²) in [6.07, 6.45) is 1.51. The second kappa shape index (κ2) is 6.80. The highest BCUT2D eigenvalue weighted by Crippen LogP contribution is 2.38. The van der Waals surface area contributed by atoms with E-state index >= 15 is 0 Å².